The lowest BCUT2D eigenvalue weighted by molar-refractivity contribution is 0.0865. The van der Waals surface area contributed by atoms with Crippen molar-refractivity contribution in [1.29, 1.82) is 0 Å². The Bertz CT molecular complexity index is 2400. The summed E-state index contributed by atoms with van der Waals surface area (Å²) in [7, 11) is 0. The van der Waals surface area contributed by atoms with Gasteiger partial charge in [-0.15, -0.1) is 11.3 Å². The van der Waals surface area contributed by atoms with E-state index in [1.165, 1.54) is 16.2 Å². The molecule has 0 saturated carbocycles. The summed E-state index contributed by atoms with van der Waals surface area (Å²) >= 11 is 1.51. The first-order valence-electron chi connectivity index (χ1n) is 19.4. The second-order valence-corrected chi connectivity index (χ2v) is 17.0. The van der Waals surface area contributed by atoms with Gasteiger partial charge >= 0.3 is 0 Å². The number of carbonyl (C=O) groups excluding carboxylic acids is 3. The first-order chi connectivity index (χ1) is 26.2. The molecule has 1 atom stereocenters. The van der Waals surface area contributed by atoms with E-state index in [0.717, 1.165) is 32.7 Å². The smallest absolute Gasteiger partial charge is 0.266 e. The lowest BCUT2D eigenvalue weighted by Gasteiger charge is -2.40. The number of imide groups is 1. The van der Waals surface area contributed by atoms with E-state index in [9.17, 15) is 5.11 Å². The molecule has 0 fully saturated rings. The summed E-state index contributed by atoms with van der Waals surface area (Å²) in [6, 6.07) is 19.7. The van der Waals surface area contributed by atoms with Crippen LogP contribution in [0.2, 0.25) is 0 Å². The number of hydrogen-bond acceptors (Lipinski definition) is 5. The van der Waals surface area contributed by atoms with Crippen LogP contribution in [0.4, 0.5) is 11.4 Å². The monoisotopic (exact) mass is 750 g/mol. The van der Waals surface area contributed by atoms with E-state index in [2.05, 4.69) is 55.4 Å². The topological polar surface area (TPSA) is 77.9 Å². The van der Waals surface area contributed by atoms with E-state index in [4.69, 9.17) is 0 Å². The van der Waals surface area contributed by atoms with E-state index < -0.39 is 18.0 Å². The summed E-state index contributed by atoms with van der Waals surface area (Å²) in [6.07, 6.45) is 4.38. The van der Waals surface area contributed by atoms with E-state index in [-0.39, 0.29) is 29.6 Å². The zero-order chi connectivity index (χ0) is 39.6. The van der Waals surface area contributed by atoms with Crippen LogP contribution in [0.5, 0.6) is 0 Å². The Morgan fingerprint density at radius 2 is 1.24 bits per heavy atom. The molecule has 7 heteroatoms. The first-order valence-corrected chi connectivity index (χ1v) is 20.3. The van der Waals surface area contributed by atoms with Crippen molar-refractivity contribution in [3.05, 3.63) is 134 Å². The average molecular weight is 751 g/mol. The number of anilines is 2. The molecule has 7 rings (SSSR count). The van der Waals surface area contributed by atoms with Gasteiger partial charge < -0.3 is 5.11 Å². The lowest BCUT2D eigenvalue weighted by atomic mass is 9.78. The summed E-state index contributed by atoms with van der Waals surface area (Å²) in [5.74, 6) is -1.05. The Kier molecular flexibility index (Phi) is 10.1. The summed E-state index contributed by atoms with van der Waals surface area (Å²) in [6.45, 7) is 20.6. The fraction of sp³-hybridized carbons (Fsp3) is 0.312. The number of hydrogen-bond donors (Lipinski definition) is 1. The summed E-state index contributed by atoms with van der Waals surface area (Å²) < 4.78 is 0. The minimum Gasteiger partial charge on any atom is -0.369 e. The SMILES string of the molecule is C/C=C\C=C(/C)c1cc2c3c(c(-c4cccs4)cc4c3c1C(=O)N(c1c(C(C)C)cccc1C(C)C)C4=O)C(O)N(c1c(C(C)C)cccc1C(C)C)C2=O. The molecule has 3 heterocycles. The highest BCUT2D eigenvalue weighted by molar-refractivity contribution is 7.13. The van der Waals surface area contributed by atoms with Crippen molar-refractivity contribution in [3.8, 4) is 10.4 Å². The Morgan fingerprint density at radius 1 is 0.691 bits per heavy atom. The highest BCUT2D eigenvalue weighted by Crippen LogP contribution is 2.52. The molecule has 282 valence electrons. The van der Waals surface area contributed by atoms with Crippen molar-refractivity contribution in [2.75, 3.05) is 9.80 Å². The van der Waals surface area contributed by atoms with Crippen molar-refractivity contribution in [3.63, 3.8) is 0 Å². The van der Waals surface area contributed by atoms with Crippen LogP contribution in [-0.4, -0.2) is 22.8 Å². The molecule has 55 heavy (non-hydrogen) atoms. The van der Waals surface area contributed by atoms with Crippen molar-refractivity contribution < 1.29 is 19.5 Å². The van der Waals surface area contributed by atoms with E-state index in [1.807, 2.05) is 98.1 Å². The second-order valence-electron chi connectivity index (χ2n) is 16.0. The van der Waals surface area contributed by atoms with Gasteiger partial charge in [-0.2, -0.15) is 0 Å². The highest BCUT2D eigenvalue weighted by Gasteiger charge is 2.45. The third kappa shape index (κ3) is 6.00. The molecule has 6 nitrogen and oxygen atoms in total. The van der Waals surface area contributed by atoms with E-state index in [1.54, 1.807) is 4.90 Å². The molecular weight excluding hydrogens is 701 g/mol. The van der Waals surface area contributed by atoms with Crippen LogP contribution >= 0.6 is 11.3 Å². The van der Waals surface area contributed by atoms with Crippen LogP contribution in [0, 0.1) is 0 Å². The number of benzene rings is 4. The molecule has 0 saturated heterocycles. The van der Waals surface area contributed by atoms with Crippen LogP contribution in [0.15, 0.2) is 84.3 Å². The van der Waals surface area contributed by atoms with Crippen LogP contribution in [0.3, 0.4) is 0 Å². The van der Waals surface area contributed by atoms with Crippen LogP contribution in [0.1, 0.15) is 164 Å². The Labute approximate surface area is 328 Å². The van der Waals surface area contributed by atoms with Gasteiger partial charge in [0.15, 0.2) is 6.23 Å². The van der Waals surface area contributed by atoms with Gasteiger partial charge in [0.05, 0.1) is 16.9 Å². The van der Waals surface area contributed by atoms with Gasteiger partial charge in [-0.05, 0) is 94.5 Å². The number of thiophene rings is 1. The molecule has 3 amide bonds. The standard InChI is InChI=1S/C48H50N2O4S/c1-11-12-16-29(10)34-23-36-40-39-37(46(52)49(47(53)41(34)39)43-30(25(2)3)17-13-18-31(43)26(4)5)24-35(38-21-15-22-55-38)42(40)48(54)50(45(36)51)44-32(27(6)7)19-14-20-33(44)28(8)9/h11-28,48,54H,1-10H3/b12-11-,29-16+. The number of aliphatic hydroxyl groups excluding tert-OH is 1. The zero-order valence-electron chi connectivity index (χ0n) is 33.4. The zero-order valence-corrected chi connectivity index (χ0v) is 34.3. The summed E-state index contributed by atoms with van der Waals surface area (Å²) in [4.78, 5) is 49.8. The Hall–Kier alpha value is -5.11. The number of nitrogens with zero attached hydrogens (tertiary/aromatic N) is 2. The number of allylic oxidation sites excluding steroid dienone is 4. The van der Waals surface area contributed by atoms with Gasteiger partial charge in [-0.1, -0.05) is 116 Å². The molecule has 0 spiro atoms. The predicted molar refractivity (Wildman–Crippen MR) is 228 cm³/mol. The maximum atomic E-state index is 15.4. The van der Waals surface area contributed by atoms with Gasteiger partial charge in [0.1, 0.15) is 0 Å². The Balaban J connectivity index is 1.65. The molecule has 1 aromatic heterocycles. The van der Waals surface area contributed by atoms with Crippen LogP contribution < -0.4 is 9.80 Å². The molecule has 2 aliphatic rings. The summed E-state index contributed by atoms with van der Waals surface area (Å²) in [5, 5.41) is 15.6. The number of amides is 3. The van der Waals surface area contributed by atoms with E-state index >= 15 is 14.4 Å². The number of rotatable bonds is 9. The highest BCUT2D eigenvalue weighted by atomic mass is 32.1. The lowest BCUT2D eigenvalue weighted by Crippen LogP contribution is -2.44. The third-order valence-electron chi connectivity index (χ3n) is 11.1. The van der Waals surface area contributed by atoms with Crippen LogP contribution in [0.25, 0.3) is 26.8 Å². The van der Waals surface area contributed by atoms with Gasteiger partial charge in [-0.3, -0.25) is 19.3 Å². The fourth-order valence-corrected chi connectivity index (χ4v) is 9.20. The summed E-state index contributed by atoms with van der Waals surface area (Å²) in [5.41, 5.74) is 8.66. The molecule has 1 N–H and O–H groups in total. The molecular formula is C48H50N2O4S. The largest absolute Gasteiger partial charge is 0.369 e. The quantitative estimate of drug-likeness (QED) is 0.120. The van der Waals surface area contributed by atoms with Gasteiger partial charge in [0, 0.05) is 37.9 Å². The predicted octanol–water partition coefficient (Wildman–Crippen LogP) is 12.5. The van der Waals surface area contributed by atoms with Gasteiger partial charge in [0.25, 0.3) is 17.7 Å². The second kappa shape index (κ2) is 14.5. The molecule has 5 aromatic rings. The average Bonchev–Trinajstić information content (AvgIpc) is 3.69. The number of aliphatic hydroxyl groups is 1. The van der Waals surface area contributed by atoms with Gasteiger partial charge in [-0.25, -0.2) is 4.90 Å². The maximum Gasteiger partial charge on any atom is 0.266 e. The molecule has 0 radical (unpaired) electrons. The molecule has 0 bridgehead atoms. The minimum atomic E-state index is -1.39. The van der Waals surface area contributed by atoms with Crippen molar-refractivity contribution in [2.24, 2.45) is 0 Å². The first kappa shape index (κ1) is 38.2. The number of carbonyl (C=O) groups is 3. The third-order valence-corrected chi connectivity index (χ3v) is 12.1. The molecule has 0 aliphatic carbocycles. The van der Waals surface area contributed by atoms with Crippen molar-refractivity contribution in [1.82, 2.24) is 0 Å². The van der Waals surface area contributed by atoms with Crippen molar-refractivity contribution in [2.45, 2.75) is 99.1 Å². The molecule has 1 unspecified atom stereocenters. The van der Waals surface area contributed by atoms with Crippen LogP contribution in [-0.2, 0) is 0 Å². The molecule has 4 aromatic carbocycles. The normalized spacial score (nSPS) is 16.1. The van der Waals surface area contributed by atoms with Crippen molar-refractivity contribution >= 4 is 56.8 Å². The van der Waals surface area contributed by atoms with E-state index in [0.29, 0.717) is 55.5 Å². The molecule has 2 aliphatic heterocycles. The number of para-hydroxylation sites is 2. The maximum absolute atomic E-state index is 15.4. The minimum absolute atomic E-state index is 0.0340. The van der Waals surface area contributed by atoms with Gasteiger partial charge in [0.2, 0.25) is 0 Å². The fourth-order valence-electron chi connectivity index (χ4n) is 8.45. The Morgan fingerprint density at radius 3 is 1.75 bits per heavy atom.